The highest BCUT2D eigenvalue weighted by molar-refractivity contribution is 7.90. The Balaban J connectivity index is 2.09. The van der Waals surface area contributed by atoms with Crippen molar-refractivity contribution in [3.63, 3.8) is 0 Å². The van der Waals surface area contributed by atoms with Crippen LogP contribution in [-0.4, -0.2) is 57.8 Å². The predicted octanol–water partition coefficient (Wildman–Crippen LogP) is 1.63. The Labute approximate surface area is 237 Å². The van der Waals surface area contributed by atoms with E-state index in [0.717, 1.165) is 13.2 Å². The third kappa shape index (κ3) is 7.41. The molecule has 0 aliphatic heterocycles. The molecule has 218 valence electrons. The van der Waals surface area contributed by atoms with Gasteiger partial charge in [-0.15, -0.1) is 4.83 Å². The standard InChI is InChI=1S/C25H29N7O7S2/c1-15(2)27-22(33)18-10-6-8-12-20(18)41(37,38)31-32(25-28-16(3)14-17(4)29-25)24(26)30-40(35,36)21-13-9-7-11-19(21)23(34)39-5/h6-15,31H,1-5H3,(H2,26,30)(H,27,33). The molecule has 14 nitrogen and oxygen atoms in total. The smallest absolute Gasteiger partial charge is 0.339 e. The summed E-state index contributed by atoms with van der Waals surface area (Å²) in [6.45, 7) is 6.60. The van der Waals surface area contributed by atoms with Gasteiger partial charge in [0.05, 0.1) is 23.1 Å². The van der Waals surface area contributed by atoms with Crippen molar-refractivity contribution in [2.24, 2.45) is 0 Å². The van der Waals surface area contributed by atoms with Crippen LogP contribution in [-0.2, 0) is 24.8 Å². The van der Waals surface area contributed by atoms with Gasteiger partial charge in [-0.1, -0.05) is 24.3 Å². The summed E-state index contributed by atoms with van der Waals surface area (Å²) in [7, 11) is -8.22. The van der Waals surface area contributed by atoms with Crippen LogP contribution in [0.25, 0.3) is 0 Å². The quantitative estimate of drug-likeness (QED) is 0.121. The number of hydrazine groups is 1. The number of ether oxygens (including phenoxy) is 1. The number of hydrogen-bond acceptors (Lipinski definition) is 10. The van der Waals surface area contributed by atoms with Gasteiger partial charge in [0, 0.05) is 17.4 Å². The molecule has 4 N–H and O–H groups in total. The Kier molecular flexibility index (Phi) is 9.42. The zero-order valence-electron chi connectivity index (χ0n) is 22.8. The van der Waals surface area contributed by atoms with Crippen LogP contribution in [0.15, 0.2) is 64.4 Å². The van der Waals surface area contributed by atoms with Gasteiger partial charge in [0.15, 0.2) is 0 Å². The number of benzene rings is 2. The maximum absolute atomic E-state index is 13.6. The Morgan fingerprint density at radius 2 is 1.39 bits per heavy atom. The number of rotatable bonds is 9. The zero-order valence-corrected chi connectivity index (χ0v) is 24.4. The molecule has 0 atom stereocenters. The van der Waals surface area contributed by atoms with E-state index in [2.05, 4.69) is 24.9 Å². The Bertz CT molecular complexity index is 1690. The van der Waals surface area contributed by atoms with Crippen molar-refractivity contribution >= 4 is 43.8 Å². The molecule has 0 radical (unpaired) electrons. The van der Waals surface area contributed by atoms with Crippen molar-refractivity contribution < 1.29 is 31.2 Å². The highest BCUT2D eigenvalue weighted by Gasteiger charge is 2.31. The van der Waals surface area contributed by atoms with Crippen LogP contribution in [0.4, 0.5) is 5.95 Å². The third-order valence-corrected chi connectivity index (χ3v) is 8.01. The molecule has 1 heterocycles. The Morgan fingerprint density at radius 3 is 1.93 bits per heavy atom. The first-order valence-corrected chi connectivity index (χ1v) is 15.0. The molecular weight excluding hydrogens is 574 g/mol. The molecule has 16 heteroatoms. The Hall–Kier alpha value is -4.41. The second kappa shape index (κ2) is 12.4. The minimum absolute atomic E-state index is 0.186. The van der Waals surface area contributed by atoms with Crippen LogP contribution in [0.3, 0.4) is 0 Å². The molecule has 2 aromatic carbocycles. The van der Waals surface area contributed by atoms with Gasteiger partial charge in [-0.05, 0) is 58.0 Å². The van der Waals surface area contributed by atoms with Gasteiger partial charge in [-0.2, -0.15) is 5.01 Å². The van der Waals surface area contributed by atoms with E-state index in [4.69, 9.17) is 5.41 Å². The summed E-state index contributed by atoms with van der Waals surface area (Å²) in [5.41, 5.74) is 0.282. The van der Waals surface area contributed by atoms with Crippen LogP contribution in [0.1, 0.15) is 46.0 Å². The molecule has 0 saturated carbocycles. The van der Waals surface area contributed by atoms with Gasteiger partial charge in [-0.25, -0.2) is 36.3 Å². The van der Waals surface area contributed by atoms with Crippen LogP contribution < -0.4 is 19.9 Å². The number of guanidine groups is 1. The van der Waals surface area contributed by atoms with Crippen LogP contribution in [0.5, 0.6) is 0 Å². The number of methoxy groups -OCH3 is 1. The number of nitrogens with one attached hydrogen (secondary N) is 4. The molecule has 41 heavy (non-hydrogen) atoms. The highest BCUT2D eigenvalue weighted by atomic mass is 32.2. The molecule has 0 saturated heterocycles. The lowest BCUT2D eigenvalue weighted by molar-refractivity contribution is 0.0596. The van der Waals surface area contributed by atoms with Gasteiger partial charge in [0.1, 0.15) is 4.90 Å². The molecule has 0 spiro atoms. The van der Waals surface area contributed by atoms with E-state index < -0.39 is 47.7 Å². The van der Waals surface area contributed by atoms with Crippen LogP contribution in [0.2, 0.25) is 0 Å². The molecule has 0 fully saturated rings. The molecule has 0 aliphatic carbocycles. The summed E-state index contributed by atoms with van der Waals surface area (Å²) in [6, 6.07) is 11.8. The minimum atomic E-state index is -4.65. The van der Waals surface area contributed by atoms with Crippen molar-refractivity contribution in [3.05, 3.63) is 77.1 Å². The lowest BCUT2D eigenvalue weighted by Gasteiger charge is -2.25. The number of hydrogen-bond donors (Lipinski definition) is 4. The van der Waals surface area contributed by atoms with E-state index >= 15 is 0 Å². The zero-order chi connectivity index (χ0) is 30.5. The fourth-order valence-electron chi connectivity index (χ4n) is 3.60. The summed E-state index contributed by atoms with van der Waals surface area (Å²) >= 11 is 0. The number of carbonyl (C=O) groups excluding carboxylic acids is 2. The van der Waals surface area contributed by atoms with E-state index in [1.165, 1.54) is 42.5 Å². The summed E-state index contributed by atoms with van der Waals surface area (Å²) in [4.78, 5) is 34.4. The fourth-order valence-corrected chi connectivity index (χ4v) is 5.97. The molecular formula is C25H29N7O7S2. The van der Waals surface area contributed by atoms with Crippen molar-refractivity contribution in [2.45, 2.75) is 43.5 Å². The van der Waals surface area contributed by atoms with Gasteiger partial charge in [-0.3, -0.25) is 10.2 Å². The van der Waals surface area contributed by atoms with Gasteiger partial charge in [0.25, 0.3) is 26.0 Å². The molecule has 1 aromatic heterocycles. The fraction of sp³-hybridized carbons (Fsp3) is 0.240. The van der Waals surface area contributed by atoms with Crippen LogP contribution in [0, 0.1) is 19.3 Å². The maximum atomic E-state index is 13.6. The summed E-state index contributed by atoms with van der Waals surface area (Å²) in [5.74, 6) is -3.01. The summed E-state index contributed by atoms with van der Waals surface area (Å²) in [6.07, 6.45) is 0. The molecule has 0 unspecified atom stereocenters. The first kappa shape index (κ1) is 31.1. The number of amides is 1. The average Bonchev–Trinajstić information content (AvgIpc) is 2.90. The van der Waals surface area contributed by atoms with Crippen molar-refractivity contribution in [1.29, 1.82) is 5.41 Å². The normalized spacial score (nSPS) is 11.6. The van der Waals surface area contributed by atoms with E-state index in [1.807, 2.05) is 4.72 Å². The number of aromatic nitrogens is 2. The number of anilines is 1. The third-order valence-electron chi connectivity index (χ3n) is 5.26. The second-order valence-corrected chi connectivity index (χ2v) is 12.2. The molecule has 0 bridgehead atoms. The van der Waals surface area contributed by atoms with E-state index in [9.17, 15) is 26.4 Å². The maximum Gasteiger partial charge on any atom is 0.339 e. The Morgan fingerprint density at radius 1 is 0.878 bits per heavy atom. The van der Waals surface area contributed by atoms with Gasteiger partial charge in [0.2, 0.25) is 11.9 Å². The van der Waals surface area contributed by atoms with E-state index in [0.29, 0.717) is 16.4 Å². The number of esters is 1. The average molecular weight is 604 g/mol. The number of carbonyl (C=O) groups is 2. The first-order chi connectivity index (χ1) is 19.2. The SMILES string of the molecule is COC(=O)c1ccccc1S(=O)(=O)NC(=N)N(NS(=O)(=O)c1ccccc1C(=O)NC(C)C)c1nc(C)cc(C)n1. The molecule has 1 amide bonds. The largest absolute Gasteiger partial charge is 0.465 e. The monoisotopic (exact) mass is 603 g/mol. The molecule has 3 aromatic rings. The minimum Gasteiger partial charge on any atom is -0.465 e. The first-order valence-electron chi connectivity index (χ1n) is 12.0. The highest BCUT2D eigenvalue weighted by Crippen LogP contribution is 2.20. The second-order valence-electron chi connectivity index (χ2n) is 8.95. The topological polar surface area (TPSA) is 201 Å². The number of sulfonamides is 2. The molecule has 0 aliphatic rings. The van der Waals surface area contributed by atoms with E-state index in [-0.39, 0.29) is 23.1 Å². The predicted molar refractivity (Wildman–Crippen MR) is 149 cm³/mol. The van der Waals surface area contributed by atoms with Crippen molar-refractivity contribution in [3.8, 4) is 0 Å². The summed E-state index contributed by atoms with van der Waals surface area (Å²) in [5, 5.41) is 11.7. The summed E-state index contributed by atoms with van der Waals surface area (Å²) < 4.78 is 60.4. The van der Waals surface area contributed by atoms with Crippen molar-refractivity contribution in [1.82, 2.24) is 24.8 Å². The number of aryl methyl sites for hydroxylation is 2. The van der Waals surface area contributed by atoms with Crippen LogP contribution >= 0.6 is 0 Å². The van der Waals surface area contributed by atoms with Gasteiger partial charge < -0.3 is 10.1 Å². The molecule has 3 rings (SSSR count). The van der Waals surface area contributed by atoms with Gasteiger partial charge >= 0.3 is 5.97 Å². The number of nitrogens with zero attached hydrogens (tertiary/aromatic N) is 3. The lowest BCUT2D eigenvalue weighted by atomic mass is 10.2. The lowest BCUT2D eigenvalue weighted by Crippen LogP contribution is -2.53. The van der Waals surface area contributed by atoms with E-state index in [1.54, 1.807) is 33.8 Å². The van der Waals surface area contributed by atoms with Crippen molar-refractivity contribution in [2.75, 3.05) is 12.1 Å².